The molecule has 1 aromatic carbocycles. The fourth-order valence-electron chi connectivity index (χ4n) is 2.54. The van der Waals surface area contributed by atoms with E-state index in [1.54, 1.807) is 18.2 Å². The molecule has 7 heteroatoms. The average Bonchev–Trinajstić information content (AvgIpc) is 2.83. The first-order chi connectivity index (χ1) is 11.8. The van der Waals surface area contributed by atoms with E-state index in [9.17, 15) is 14.0 Å². The number of thiophene rings is 1. The van der Waals surface area contributed by atoms with Gasteiger partial charge in [-0.2, -0.15) is 0 Å². The van der Waals surface area contributed by atoms with Crippen LogP contribution in [0.5, 0.6) is 0 Å². The van der Waals surface area contributed by atoms with Gasteiger partial charge in [-0.1, -0.05) is 18.2 Å². The van der Waals surface area contributed by atoms with Gasteiger partial charge in [0.05, 0.1) is 19.7 Å². The molecule has 0 bridgehead atoms. The quantitative estimate of drug-likeness (QED) is 0.769. The van der Waals surface area contributed by atoms with Crippen LogP contribution in [0.4, 0.5) is 9.39 Å². The van der Waals surface area contributed by atoms with Crippen molar-refractivity contribution in [1.29, 1.82) is 0 Å². The van der Waals surface area contributed by atoms with Gasteiger partial charge in [0.25, 0.3) is 5.91 Å². The highest BCUT2D eigenvalue weighted by Gasteiger charge is 2.22. The minimum absolute atomic E-state index is 0.158. The number of aryl methyl sites for hydroxylation is 1. The molecule has 0 radical (unpaired) electrons. The number of esters is 1. The van der Waals surface area contributed by atoms with E-state index in [1.807, 2.05) is 20.9 Å². The summed E-state index contributed by atoms with van der Waals surface area (Å²) >= 11 is 1.34. The van der Waals surface area contributed by atoms with Crippen molar-refractivity contribution in [2.75, 3.05) is 26.0 Å². The molecule has 1 heterocycles. The maximum Gasteiger partial charge on any atom is 0.341 e. The fourth-order valence-corrected chi connectivity index (χ4v) is 3.60. The van der Waals surface area contributed by atoms with Crippen molar-refractivity contribution < 1.29 is 23.6 Å². The lowest BCUT2D eigenvalue weighted by atomic mass is 10.1. The lowest BCUT2D eigenvalue weighted by molar-refractivity contribution is -0.885. The zero-order valence-electron chi connectivity index (χ0n) is 14.7. The smallest absolute Gasteiger partial charge is 0.341 e. The number of benzene rings is 1. The number of nitrogens with one attached hydrogen (secondary N) is 2. The maximum atomic E-state index is 13.7. The Bertz CT molecular complexity index is 789. The van der Waals surface area contributed by atoms with Crippen molar-refractivity contribution >= 4 is 28.2 Å². The van der Waals surface area contributed by atoms with E-state index in [-0.39, 0.29) is 18.3 Å². The van der Waals surface area contributed by atoms with Crippen molar-refractivity contribution in [3.63, 3.8) is 0 Å². The van der Waals surface area contributed by atoms with Gasteiger partial charge < -0.3 is 15.0 Å². The summed E-state index contributed by atoms with van der Waals surface area (Å²) in [5.74, 6) is -0.982. The molecule has 2 aromatic rings. The molecule has 0 saturated heterocycles. The predicted molar refractivity (Wildman–Crippen MR) is 95.6 cm³/mol. The average molecular weight is 365 g/mol. The van der Waals surface area contributed by atoms with Crippen LogP contribution in [0.3, 0.4) is 0 Å². The standard InChI is InChI=1S/C18H21FN2O3S/c1-11-12(2)25-17(16(11)18(23)24-4)20-15(22)10-21(3)9-13-7-5-6-8-14(13)19/h5-8H,9-10H2,1-4H3,(H,20,22)/p+1. The number of amides is 1. The predicted octanol–water partition coefficient (Wildman–Crippen LogP) is 1.94. The van der Waals surface area contributed by atoms with Crippen molar-refractivity contribution in [3.8, 4) is 0 Å². The van der Waals surface area contributed by atoms with Crippen molar-refractivity contribution in [1.82, 2.24) is 0 Å². The van der Waals surface area contributed by atoms with Gasteiger partial charge in [-0.05, 0) is 25.5 Å². The number of methoxy groups -OCH3 is 1. The minimum Gasteiger partial charge on any atom is -0.465 e. The van der Waals surface area contributed by atoms with Crippen LogP contribution in [0.25, 0.3) is 0 Å². The molecule has 5 nitrogen and oxygen atoms in total. The van der Waals surface area contributed by atoms with Crippen LogP contribution in [0.15, 0.2) is 24.3 Å². The van der Waals surface area contributed by atoms with Crippen molar-refractivity contribution in [2.24, 2.45) is 0 Å². The van der Waals surface area contributed by atoms with Gasteiger partial charge in [-0.3, -0.25) is 4.79 Å². The topological polar surface area (TPSA) is 59.8 Å². The number of carbonyl (C=O) groups excluding carboxylic acids is 2. The van der Waals surface area contributed by atoms with Crippen LogP contribution in [-0.2, 0) is 16.1 Å². The van der Waals surface area contributed by atoms with E-state index in [0.29, 0.717) is 22.7 Å². The first-order valence-corrected chi connectivity index (χ1v) is 8.68. The number of likely N-dealkylation sites (N-methyl/N-ethyl adjacent to an activating group) is 1. The molecule has 1 amide bonds. The molecule has 0 saturated carbocycles. The van der Waals surface area contributed by atoms with Gasteiger partial charge in [0.1, 0.15) is 17.4 Å². The Morgan fingerprint density at radius 1 is 1.28 bits per heavy atom. The molecule has 134 valence electrons. The molecule has 0 spiro atoms. The molecular formula is C18H22FN2O3S+. The number of rotatable bonds is 6. The third kappa shape index (κ3) is 4.64. The van der Waals surface area contributed by atoms with Crippen molar-refractivity contribution in [3.05, 3.63) is 51.7 Å². The number of hydrogen-bond donors (Lipinski definition) is 2. The number of carbonyl (C=O) groups is 2. The first kappa shape index (κ1) is 19.1. The number of hydrogen-bond acceptors (Lipinski definition) is 4. The highest BCUT2D eigenvalue weighted by Crippen LogP contribution is 2.32. The Morgan fingerprint density at radius 2 is 1.96 bits per heavy atom. The normalized spacial score (nSPS) is 11.9. The molecule has 2 rings (SSSR count). The second-order valence-corrected chi connectivity index (χ2v) is 7.15. The summed E-state index contributed by atoms with van der Waals surface area (Å²) in [5, 5.41) is 3.27. The Hall–Kier alpha value is -2.25. The van der Waals surface area contributed by atoms with Crippen LogP contribution < -0.4 is 10.2 Å². The SMILES string of the molecule is COC(=O)c1c(NC(=O)C[NH+](C)Cc2ccccc2F)sc(C)c1C. The van der Waals surface area contributed by atoms with Crippen LogP contribution in [0.2, 0.25) is 0 Å². The Morgan fingerprint density at radius 3 is 2.60 bits per heavy atom. The van der Waals surface area contributed by atoms with E-state index in [0.717, 1.165) is 15.3 Å². The van der Waals surface area contributed by atoms with E-state index >= 15 is 0 Å². The molecule has 25 heavy (non-hydrogen) atoms. The lowest BCUT2D eigenvalue weighted by Gasteiger charge is -2.14. The Kier molecular flexibility index (Phi) is 6.27. The van der Waals surface area contributed by atoms with Gasteiger partial charge in [-0.15, -0.1) is 11.3 Å². The Labute approximate surface area is 150 Å². The molecule has 0 fully saturated rings. The third-order valence-electron chi connectivity index (χ3n) is 3.94. The molecule has 2 N–H and O–H groups in total. The fraction of sp³-hybridized carbons (Fsp3) is 0.333. The minimum atomic E-state index is -0.468. The summed E-state index contributed by atoms with van der Waals surface area (Å²) < 4.78 is 18.5. The molecule has 1 aromatic heterocycles. The second kappa shape index (κ2) is 8.22. The summed E-state index contributed by atoms with van der Waals surface area (Å²) in [6.45, 7) is 4.26. The molecular weight excluding hydrogens is 343 g/mol. The van der Waals surface area contributed by atoms with Crippen LogP contribution in [0.1, 0.15) is 26.4 Å². The summed E-state index contributed by atoms with van der Waals surface area (Å²) in [6.07, 6.45) is 0. The number of anilines is 1. The summed E-state index contributed by atoms with van der Waals surface area (Å²) in [7, 11) is 3.13. The summed E-state index contributed by atoms with van der Waals surface area (Å²) in [5.41, 5.74) is 1.76. The number of quaternary nitrogens is 1. The third-order valence-corrected chi connectivity index (χ3v) is 5.06. The van der Waals surface area contributed by atoms with E-state index in [2.05, 4.69) is 5.32 Å². The zero-order chi connectivity index (χ0) is 18.6. The van der Waals surface area contributed by atoms with Gasteiger partial charge in [0, 0.05) is 10.4 Å². The molecule has 1 atom stereocenters. The monoisotopic (exact) mass is 365 g/mol. The maximum absolute atomic E-state index is 13.7. The largest absolute Gasteiger partial charge is 0.465 e. The highest BCUT2D eigenvalue weighted by molar-refractivity contribution is 7.16. The lowest BCUT2D eigenvalue weighted by Crippen LogP contribution is -3.08. The summed E-state index contributed by atoms with van der Waals surface area (Å²) in [6, 6.07) is 6.52. The van der Waals surface area contributed by atoms with E-state index in [4.69, 9.17) is 4.74 Å². The number of halogens is 1. The molecule has 0 aliphatic rings. The number of ether oxygens (including phenoxy) is 1. The molecule has 1 unspecified atom stereocenters. The van der Waals surface area contributed by atoms with Gasteiger partial charge in [0.2, 0.25) is 0 Å². The Balaban J connectivity index is 2.04. The van der Waals surface area contributed by atoms with Gasteiger partial charge in [-0.25, -0.2) is 9.18 Å². The zero-order valence-corrected chi connectivity index (χ0v) is 15.6. The van der Waals surface area contributed by atoms with Crippen molar-refractivity contribution in [2.45, 2.75) is 20.4 Å². The van der Waals surface area contributed by atoms with Gasteiger partial charge >= 0.3 is 5.97 Å². The summed E-state index contributed by atoms with van der Waals surface area (Å²) in [4.78, 5) is 26.0. The van der Waals surface area contributed by atoms with Crippen LogP contribution >= 0.6 is 11.3 Å². The van der Waals surface area contributed by atoms with Crippen LogP contribution in [0, 0.1) is 19.7 Å². The second-order valence-electron chi connectivity index (χ2n) is 5.93. The highest BCUT2D eigenvalue weighted by atomic mass is 32.1. The van der Waals surface area contributed by atoms with Crippen LogP contribution in [-0.4, -0.2) is 32.6 Å². The first-order valence-electron chi connectivity index (χ1n) is 7.86. The molecule has 0 aliphatic heterocycles. The van der Waals surface area contributed by atoms with E-state index in [1.165, 1.54) is 24.5 Å². The molecule has 0 aliphatic carbocycles. The van der Waals surface area contributed by atoms with Gasteiger partial charge in [0.15, 0.2) is 6.54 Å². The van der Waals surface area contributed by atoms with E-state index < -0.39 is 5.97 Å².